The summed E-state index contributed by atoms with van der Waals surface area (Å²) >= 11 is 0. The van der Waals surface area contributed by atoms with Crippen LogP contribution in [0.3, 0.4) is 0 Å². The molecule has 102 valence electrons. The molecule has 3 nitrogen and oxygen atoms in total. The van der Waals surface area contributed by atoms with E-state index >= 15 is 0 Å². The van der Waals surface area contributed by atoms with Crippen LogP contribution in [0.15, 0.2) is 10.6 Å². The van der Waals surface area contributed by atoms with E-state index in [4.69, 9.17) is 4.42 Å². The largest absolute Gasteiger partial charge is 0.445 e. The molecule has 1 aromatic heterocycles. The molecule has 0 aliphatic heterocycles. The third-order valence-corrected chi connectivity index (χ3v) is 4.03. The van der Waals surface area contributed by atoms with Gasteiger partial charge in [-0.3, -0.25) is 0 Å². The normalized spacial score (nSPS) is 18.3. The lowest BCUT2D eigenvalue weighted by atomic mass is 9.87. The van der Waals surface area contributed by atoms with Crippen LogP contribution in [0.5, 0.6) is 0 Å². The van der Waals surface area contributed by atoms with Crippen LogP contribution in [-0.2, 0) is 11.8 Å². The predicted molar refractivity (Wildman–Crippen MR) is 73.8 cm³/mol. The molecule has 1 fully saturated rings. The lowest BCUT2D eigenvalue weighted by Crippen LogP contribution is -2.16. The van der Waals surface area contributed by atoms with Gasteiger partial charge < -0.3 is 9.73 Å². The molecule has 1 heterocycles. The van der Waals surface area contributed by atoms with E-state index in [1.165, 1.54) is 32.1 Å². The van der Waals surface area contributed by atoms with Gasteiger partial charge in [-0.25, -0.2) is 4.98 Å². The van der Waals surface area contributed by atoms with Crippen LogP contribution in [0, 0.1) is 0 Å². The molecule has 0 amide bonds. The van der Waals surface area contributed by atoms with E-state index in [9.17, 15) is 0 Å². The standard InChI is InChI=1S/C15H26N2O/c1-3-10-16-11-6-7-14-17-12-13(18-14)15(2)8-4-5-9-15/h12,16H,3-11H2,1-2H3. The summed E-state index contributed by atoms with van der Waals surface area (Å²) in [5.41, 5.74) is 0.256. The minimum absolute atomic E-state index is 0.256. The summed E-state index contributed by atoms with van der Waals surface area (Å²) in [4.78, 5) is 4.43. The summed E-state index contributed by atoms with van der Waals surface area (Å²) < 4.78 is 5.94. The van der Waals surface area contributed by atoms with Crippen LogP contribution in [-0.4, -0.2) is 18.1 Å². The lowest BCUT2D eigenvalue weighted by Gasteiger charge is -2.19. The molecule has 0 atom stereocenters. The molecule has 1 aromatic rings. The fraction of sp³-hybridized carbons (Fsp3) is 0.800. The highest BCUT2D eigenvalue weighted by atomic mass is 16.4. The molecule has 0 saturated heterocycles. The molecule has 1 saturated carbocycles. The second-order valence-electron chi connectivity index (χ2n) is 5.74. The molecule has 3 heteroatoms. The topological polar surface area (TPSA) is 38.1 Å². The quantitative estimate of drug-likeness (QED) is 0.753. The van der Waals surface area contributed by atoms with Gasteiger partial charge in [0.25, 0.3) is 0 Å². The van der Waals surface area contributed by atoms with Gasteiger partial charge in [0.2, 0.25) is 0 Å². The van der Waals surface area contributed by atoms with Crippen LogP contribution in [0.2, 0.25) is 0 Å². The molecule has 0 aromatic carbocycles. The number of hydrogen-bond acceptors (Lipinski definition) is 3. The maximum Gasteiger partial charge on any atom is 0.194 e. The van der Waals surface area contributed by atoms with E-state index in [0.29, 0.717) is 0 Å². The van der Waals surface area contributed by atoms with Gasteiger partial charge in [0, 0.05) is 11.8 Å². The van der Waals surface area contributed by atoms with Crippen molar-refractivity contribution in [1.82, 2.24) is 10.3 Å². The first-order valence-electron chi connectivity index (χ1n) is 7.40. The zero-order valence-electron chi connectivity index (χ0n) is 11.8. The summed E-state index contributed by atoms with van der Waals surface area (Å²) in [6, 6.07) is 0. The molecule has 1 aliphatic rings. The maximum atomic E-state index is 5.94. The smallest absolute Gasteiger partial charge is 0.194 e. The SMILES string of the molecule is CCCNCCCc1ncc(C2(C)CCCC2)o1. The summed E-state index contributed by atoms with van der Waals surface area (Å²) in [7, 11) is 0. The molecule has 1 N–H and O–H groups in total. The van der Waals surface area contributed by atoms with E-state index in [0.717, 1.165) is 37.6 Å². The fourth-order valence-corrected chi connectivity index (χ4v) is 2.77. The van der Waals surface area contributed by atoms with E-state index in [2.05, 4.69) is 24.1 Å². The molecule has 1 aliphatic carbocycles. The van der Waals surface area contributed by atoms with Crippen molar-refractivity contribution in [2.24, 2.45) is 0 Å². The Labute approximate surface area is 110 Å². The van der Waals surface area contributed by atoms with Crippen molar-refractivity contribution in [3.8, 4) is 0 Å². The van der Waals surface area contributed by atoms with E-state index in [1.54, 1.807) is 0 Å². The van der Waals surface area contributed by atoms with Gasteiger partial charge in [-0.1, -0.05) is 26.7 Å². The number of aryl methyl sites for hydroxylation is 1. The molecule has 0 unspecified atom stereocenters. The van der Waals surface area contributed by atoms with Gasteiger partial charge in [0.05, 0.1) is 6.20 Å². The van der Waals surface area contributed by atoms with E-state index < -0.39 is 0 Å². The van der Waals surface area contributed by atoms with Crippen molar-refractivity contribution in [1.29, 1.82) is 0 Å². The minimum Gasteiger partial charge on any atom is -0.445 e. The van der Waals surface area contributed by atoms with Crippen molar-refractivity contribution in [2.45, 2.75) is 64.2 Å². The zero-order valence-corrected chi connectivity index (χ0v) is 11.8. The maximum absolute atomic E-state index is 5.94. The van der Waals surface area contributed by atoms with Crippen LogP contribution in [0.4, 0.5) is 0 Å². The van der Waals surface area contributed by atoms with Crippen molar-refractivity contribution in [3.63, 3.8) is 0 Å². The highest BCUT2D eigenvalue weighted by Gasteiger charge is 2.33. The van der Waals surface area contributed by atoms with Crippen LogP contribution in [0.1, 0.15) is 64.0 Å². The van der Waals surface area contributed by atoms with Gasteiger partial charge in [0.15, 0.2) is 5.89 Å². The van der Waals surface area contributed by atoms with Crippen molar-refractivity contribution >= 4 is 0 Å². The van der Waals surface area contributed by atoms with Crippen LogP contribution >= 0.6 is 0 Å². The Morgan fingerprint density at radius 3 is 2.83 bits per heavy atom. The van der Waals surface area contributed by atoms with Crippen molar-refractivity contribution < 1.29 is 4.42 Å². The Hall–Kier alpha value is -0.830. The Bertz CT molecular complexity index is 353. The molecular formula is C15H26N2O. The number of nitrogens with one attached hydrogen (secondary N) is 1. The summed E-state index contributed by atoms with van der Waals surface area (Å²) in [6.45, 7) is 6.67. The first-order chi connectivity index (χ1) is 8.74. The molecule has 0 spiro atoms. The number of oxazole rings is 1. The second kappa shape index (κ2) is 6.37. The van der Waals surface area contributed by atoms with Gasteiger partial charge in [0.1, 0.15) is 5.76 Å². The van der Waals surface area contributed by atoms with Crippen LogP contribution < -0.4 is 5.32 Å². The third-order valence-electron chi connectivity index (χ3n) is 4.03. The third kappa shape index (κ3) is 3.35. The fourth-order valence-electron chi connectivity index (χ4n) is 2.77. The Balaban J connectivity index is 1.79. The van der Waals surface area contributed by atoms with Gasteiger partial charge in [-0.2, -0.15) is 0 Å². The molecule has 0 bridgehead atoms. The Morgan fingerprint density at radius 2 is 2.11 bits per heavy atom. The predicted octanol–water partition coefficient (Wildman–Crippen LogP) is 3.44. The molecule has 0 radical (unpaired) electrons. The average molecular weight is 250 g/mol. The van der Waals surface area contributed by atoms with Gasteiger partial charge >= 0.3 is 0 Å². The number of aromatic nitrogens is 1. The monoisotopic (exact) mass is 250 g/mol. The van der Waals surface area contributed by atoms with Crippen LogP contribution in [0.25, 0.3) is 0 Å². The number of rotatable bonds is 7. The van der Waals surface area contributed by atoms with Gasteiger partial charge in [-0.05, 0) is 38.8 Å². The summed E-state index contributed by atoms with van der Waals surface area (Å²) in [5, 5.41) is 3.41. The summed E-state index contributed by atoms with van der Waals surface area (Å²) in [5.74, 6) is 2.02. The molecule has 18 heavy (non-hydrogen) atoms. The van der Waals surface area contributed by atoms with Crippen molar-refractivity contribution in [2.75, 3.05) is 13.1 Å². The average Bonchev–Trinajstić information content (AvgIpc) is 2.99. The highest BCUT2D eigenvalue weighted by Crippen LogP contribution is 2.40. The highest BCUT2D eigenvalue weighted by molar-refractivity contribution is 5.11. The second-order valence-corrected chi connectivity index (χ2v) is 5.74. The Kier molecular flexibility index (Phi) is 4.81. The first kappa shape index (κ1) is 13.6. The number of nitrogens with zero attached hydrogens (tertiary/aromatic N) is 1. The minimum atomic E-state index is 0.256. The Morgan fingerprint density at radius 1 is 1.33 bits per heavy atom. The summed E-state index contributed by atoms with van der Waals surface area (Å²) in [6.07, 6.45) is 10.4. The van der Waals surface area contributed by atoms with E-state index in [1.807, 2.05) is 6.20 Å². The molecular weight excluding hydrogens is 224 g/mol. The zero-order chi connectivity index (χ0) is 12.8. The number of hydrogen-bond donors (Lipinski definition) is 1. The lowest BCUT2D eigenvalue weighted by molar-refractivity contribution is 0.346. The molecule has 2 rings (SSSR count). The van der Waals surface area contributed by atoms with Crippen molar-refractivity contribution in [3.05, 3.63) is 17.8 Å². The van der Waals surface area contributed by atoms with E-state index in [-0.39, 0.29) is 5.41 Å². The first-order valence-corrected chi connectivity index (χ1v) is 7.40. The van der Waals surface area contributed by atoms with Gasteiger partial charge in [-0.15, -0.1) is 0 Å².